The third-order valence-electron chi connectivity index (χ3n) is 2.79. The summed E-state index contributed by atoms with van der Waals surface area (Å²) in [6.45, 7) is 2.71. The number of carbonyl (C=O) groups excluding carboxylic acids is 1. The highest BCUT2D eigenvalue weighted by Crippen LogP contribution is 2.19. The molecule has 1 heterocycles. The Morgan fingerprint density at radius 2 is 2.15 bits per heavy atom. The second-order valence-corrected chi connectivity index (χ2v) is 4.87. The van der Waals surface area contributed by atoms with Crippen molar-refractivity contribution in [3.63, 3.8) is 0 Å². The molecule has 2 aromatic rings. The number of aromatic nitrogens is 1. The van der Waals surface area contributed by atoms with Gasteiger partial charge in [-0.25, -0.2) is 0 Å². The lowest BCUT2D eigenvalue weighted by Crippen LogP contribution is -2.28. The van der Waals surface area contributed by atoms with Crippen molar-refractivity contribution < 1.29 is 4.79 Å². The van der Waals surface area contributed by atoms with Gasteiger partial charge in [0.05, 0.1) is 12.2 Å². The highest BCUT2D eigenvalue weighted by Gasteiger charge is 2.05. The Bertz CT molecular complexity index is 587. The summed E-state index contributed by atoms with van der Waals surface area (Å²) >= 11 is 5.91. The molecule has 2 N–H and O–H groups in total. The lowest BCUT2D eigenvalue weighted by atomic mass is 10.2. The van der Waals surface area contributed by atoms with E-state index < -0.39 is 0 Å². The van der Waals surface area contributed by atoms with Crippen molar-refractivity contribution in [3.8, 4) is 0 Å². The summed E-state index contributed by atoms with van der Waals surface area (Å²) in [6, 6.07) is 11.1. The van der Waals surface area contributed by atoms with Crippen molar-refractivity contribution in [2.24, 2.45) is 0 Å². The van der Waals surface area contributed by atoms with Gasteiger partial charge in [-0.05, 0) is 36.8 Å². The van der Waals surface area contributed by atoms with Crippen molar-refractivity contribution in [2.45, 2.75) is 13.5 Å². The van der Waals surface area contributed by atoms with Gasteiger partial charge in [0, 0.05) is 23.5 Å². The average Bonchev–Trinajstić information content (AvgIpc) is 2.44. The predicted molar refractivity (Wildman–Crippen MR) is 80.8 cm³/mol. The summed E-state index contributed by atoms with van der Waals surface area (Å²) in [6.07, 6.45) is 1.73. The monoisotopic (exact) mass is 289 g/mol. The van der Waals surface area contributed by atoms with Crippen LogP contribution in [0.25, 0.3) is 0 Å². The quantitative estimate of drug-likeness (QED) is 0.890. The van der Waals surface area contributed by atoms with Crippen LogP contribution >= 0.6 is 11.6 Å². The minimum Gasteiger partial charge on any atom is -0.325 e. The van der Waals surface area contributed by atoms with E-state index >= 15 is 0 Å². The summed E-state index contributed by atoms with van der Waals surface area (Å²) in [4.78, 5) is 16.0. The topological polar surface area (TPSA) is 54.0 Å². The minimum atomic E-state index is -0.105. The van der Waals surface area contributed by atoms with Gasteiger partial charge in [0.2, 0.25) is 5.91 Å². The smallest absolute Gasteiger partial charge is 0.238 e. The number of anilines is 1. The van der Waals surface area contributed by atoms with Crippen LogP contribution in [0.3, 0.4) is 0 Å². The van der Waals surface area contributed by atoms with E-state index in [1.54, 1.807) is 18.3 Å². The number of hydrogen-bond donors (Lipinski definition) is 2. The molecule has 0 aliphatic carbocycles. The Morgan fingerprint density at radius 3 is 2.90 bits per heavy atom. The molecule has 0 aliphatic heterocycles. The third kappa shape index (κ3) is 4.33. The molecule has 20 heavy (non-hydrogen) atoms. The van der Waals surface area contributed by atoms with Crippen molar-refractivity contribution >= 4 is 23.2 Å². The van der Waals surface area contributed by atoms with E-state index in [9.17, 15) is 4.79 Å². The second-order valence-electron chi connectivity index (χ2n) is 4.43. The van der Waals surface area contributed by atoms with Gasteiger partial charge >= 0.3 is 0 Å². The van der Waals surface area contributed by atoms with Gasteiger partial charge in [-0.2, -0.15) is 0 Å². The van der Waals surface area contributed by atoms with Crippen molar-refractivity contribution in [1.82, 2.24) is 10.3 Å². The van der Waals surface area contributed by atoms with Gasteiger partial charge in [-0.3, -0.25) is 9.78 Å². The first-order valence-electron chi connectivity index (χ1n) is 6.32. The molecular formula is C15H16ClN3O. The lowest BCUT2D eigenvalue weighted by molar-refractivity contribution is -0.115. The van der Waals surface area contributed by atoms with Crippen LogP contribution < -0.4 is 10.6 Å². The number of rotatable bonds is 5. The maximum absolute atomic E-state index is 11.8. The predicted octanol–water partition coefficient (Wildman–Crippen LogP) is 2.77. The van der Waals surface area contributed by atoms with E-state index in [4.69, 9.17) is 11.6 Å². The maximum Gasteiger partial charge on any atom is 0.238 e. The fraction of sp³-hybridized carbons (Fsp3) is 0.200. The molecule has 2 rings (SSSR count). The molecule has 4 nitrogen and oxygen atoms in total. The molecule has 0 atom stereocenters. The van der Waals surface area contributed by atoms with Crippen LogP contribution in [0.2, 0.25) is 5.02 Å². The summed E-state index contributed by atoms with van der Waals surface area (Å²) in [5.41, 5.74) is 2.62. The van der Waals surface area contributed by atoms with Crippen LogP contribution in [0, 0.1) is 6.92 Å². The average molecular weight is 290 g/mol. The molecule has 0 radical (unpaired) electrons. The first kappa shape index (κ1) is 14.5. The molecule has 0 unspecified atom stereocenters. The molecule has 5 heteroatoms. The number of hydrogen-bond acceptors (Lipinski definition) is 3. The first-order valence-corrected chi connectivity index (χ1v) is 6.69. The third-order valence-corrected chi connectivity index (χ3v) is 3.03. The van der Waals surface area contributed by atoms with Crippen molar-refractivity contribution in [2.75, 3.05) is 11.9 Å². The lowest BCUT2D eigenvalue weighted by Gasteiger charge is -2.09. The molecule has 1 aromatic carbocycles. The van der Waals surface area contributed by atoms with Crippen LogP contribution in [0.5, 0.6) is 0 Å². The number of carbonyl (C=O) groups is 1. The summed E-state index contributed by atoms with van der Waals surface area (Å²) in [5, 5.41) is 6.48. The van der Waals surface area contributed by atoms with E-state index in [1.807, 2.05) is 31.2 Å². The molecular weight excluding hydrogens is 274 g/mol. The molecule has 0 fully saturated rings. The number of nitrogens with one attached hydrogen (secondary N) is 2. The molecule has 0 bridgehead atoms. The first-order chi connectivity index (χ1) is 9.65. The maximum atomic E-state index is 11.8. The largest absolute Gasteiger partial charge is 0.325 e. The number of halogens is 1. The summed E-state index contributed by atoms with van der Waals surface area (Å²) < 4.78 is 0. The van der Waals surface area contributed by atoms with Gasteiger partial charge in [0.25, 0.3) is 0 Å². The highest BCUT2D eigenvalue weighted by atomic mass is 35.5. The number of aryl methyl sites for hydroxylation is 1. The Balaban J connectivity index is 1.82. The molecule has 0 saturated heterocycles. The van der Waals surface area contributed by atoms with Gasteiger partial charge in [-0.15, -0.1) is 0 Å². The molecule has 1 amide bonds. The highest BCUT2D eigenvalue weighted by molar-refractivity contribution is 6.31. The van der Waals surface area contributed by atoms with Gasteiger partial charge in [0.1, 0.15) is 0 Å². The minimum absolute atomic E-state index is 0.105. The Labute approximate surface area is 123 Å². The fourth-order valence-corrected chi connectivity index (χ4v) is 1.90. The number of amides is 1. The molecule has 0 saturated carbocycles. The second kappa shape index (κ2) is 7.03. The zero-order chi connectivity index (χ0) is 14.4. The van der Waals surface area contributed by atoms with E-state index in [1.165, 1.54) is 0 Å². The Kier molecular flexibility index (Phi) is 5.09. The van der Waals surface area contributed by atoms with Crippen molar-refractivity contribution in [3.05, 3.63) is 58.9 Å². The Hall–Kier alpha value is -1.91. The van der Waals surface area contributed by atoms with E-state index in [0.29, 0.717) is 11.6 Å². The van der Waals surface area contributed by atoms with Crippen LogP contribution in [0.4, 0.5) is 5.69 Å². The molecule has 0 aliphatic rings. The van der Waals surface area contributed by atoms with Gasteiger partial charge in [0.15, 0.2) is 0 Å². The van der Waals surface area contributed by atoms with Crippen LogP contribution in [0.15, 0.2) is 42.6 Å². The van der Waals surface area contributed by atoms with E-state index in [-0.39, 0.29) is 12.5 Å². The summed E-state index contributed by atoms with van der Waals surface area (Å²) in [5.74, 6) is -0.105. The molecule has 0 spiro atoms. The van der Waals surface area contributed by atoms with Crippen LogP contribution in [-0.2, 0) is 11.3 Å². The zero-order valence-corrected chi connectivity index (χ0v) is 11.9. The molecule has 1 aromatic heterocycles. The number of pyridine rings is 1. The SMILES string of the molecule is Cc1ccc(Cl)cc1NC(=O)CNCc1ccccn1. The van der Waals surface area contributed by atoms with E-state index in [2.05, 4.69) is 15.6 Å². The van der Waals surface area contributed by atoms with Crippen LogP contribution in [0.1, 0.15) is 11.3 Å². The normalized spacial score (nSPS) is 10.3. The molecule has 104 valence electrons. The zero-order valence-electron chi connectivity index (χ0n) is 11.2. The number of benzene rings is 1. The van der Waals surface area contributed by atoms with Gasteiger partial charge < -0.3 is 10.6 Å². The summed E-state index contributed by atoms with van der Waals surface area (Å²) in [7, 11) is 0. The fourth-order valence-electron chi connectivity index (χ4n) is 1.73. The standard InChI is InChI=1S/C15H16ClN3O/c1-11-5-6-12(16)8-14(11)19-15(20)10-17-9-13-4-2-3-7-18-13/h2-8,17H,9-10H2,1H3,(H,19,20). The van der Waals surface area contributed by atoms with Gasteiger partial charge in [-0.1, -0.05) is 23.7 Å². The van der Waals surface area contributed by atoms with Crippen molar-refractivity contribution in [1.29, 1.82) is 0 Å². The Morgan fingerprint density at radius 1 is 1.30 bits per heavy atom. The number of nitrogens with zero attached hydrogens (tertiary/aromatic N) is 1. The van der Waals surface area contributed by atoms with E-state index in [0.717, 1.165) is 16.9 Å². The van der Waals surface area contributed by atoms with Crippen LogP contribution in [-0.4, -0.2) is 17.4 Å².